The molecule has 1 aliphatic carbocycles. The molecule has 0 unspecified atom stereocenters. The molecule has 2 amide bonds. The van der Waals surface area contributed by atoms with E-state index < -0.39 is 5.54 Å². The van der Waals surface area contributed by atoms with E-state index in [4.69, 9.17) is 0 Å². The molecule has 2 aliphatic heterocycles. The average Bonchev–Trinajstić information content (AvgIpc) is 3.09. The summed E-state index contributed by atoms with van der Waals surface area (Å²) in [5.41, 5.74) is 0.381. The third-order valence-corrected chi connectivity index (χ3v) is 6.04. The summed E-state index contributed by atoms with van der Waals surface area (Å²) in [5, 5.41) is 24.3. The van der Waals surface area contributed by atoms with Gasteiger partial charge in [0.05, 0.1) is 18.3 Å². The highest BCUT2D eigenvalue weighted by Gasteiger charge is 2.47. The number of nitrogens with zero attached hydrogens (tertiary/aromatic N) is 5. The summed E-state index contributed by atoms with van der Waals surface area (Å²) in [7, 11) is 0. The highest BCUT2D eigenvalue weighted by molar-refractivity contribution is 5.76. The summed E-state index contributed by atoms with van der Waals surface area (Å²) in [4.78, 5) is 17.7. The number of amides is 2. The number of fused-ring (bicyclic) bond motifs is 3. The number of H-pyrrole nitrogens is 1. The fourth-order valence-corrected chi connectivity index (χ4v) is 4.22. The molecule has 5 rings (SSSR count). The van der Waals surface area contributed by atoms with Crippen LogP contribution in [0.1, 0.15) is 43.8 Å². The van der Waals surface area contributed by atoms with Crippen molar-refractivity contribution < 1.29 is 4.79 Å². The van der Waals surface area contributed by atoms with E-state index in [0.29, 0.717) is 25.6 Å². The van der Waals surface area contributed by atoms with E-state index in [9.17, 15) is 10.1 Å². The van der Waals surface area contributed by atoms with E-state index in [2.05, 4.69) is 43.4 Å². The van der Waals surface area contributed by atoms with Gasteiger partial charge in [0.15, 0.2) is 5.82 Å². The molecule has 1 saturated carbocycles. The van der Waals surface area contributed by atoms with Gasteiger partial charge in [-0.05, 0) is 24.8 Å². The van der Waals surface area contributed by atoms with Crippen molar-refractivity contribution in [3.05, 3.63) is 23.9 Å². The lowest BCUT2D eigenvalue weighted by molar-refractivity contribution is 0.204. The van der Waals surface area contributed by atoms with Crippen molar-refractivity contribution in [3.8, 4) is 11.8 Å². The van der Waals surface area contributed by atoms with Crippen LogP contribution in [0.5, 0.6) is 0 Å². The van der Waals surface area contributed by atoms with E-state index in [1.807, 2.05) is 17.2 Å². The topological polar surface area (TPSA) is 115 Å². The van der Waals surface area contributed by atoms with Crippen molar-refractivity contribution in [2.45, 2.75) is 44.2 Å². The molecule has 140 valence electrons. The molecule has 2 atom stereocenters. The summed E-state index contributed by atoms with van der Waals surface area (Å²) in [6, 6.07) is 4.10. The Balaban J connectivity index is 1.42. The largest absolute Gasteiger partial charge is 0.363 e. The van der Waals surface area contributed by atoms with Crippen LogP contribution in [0.3, 0.4) is 0 Å². The number of anilines is 1. The first-order valence-corrected chi connectivity index (χ1v) is 9.48. The third-order valence-electron chi connectivity index (χ3n) is 6.04. The zero-order chi connectivity index (χ0) is 18.6. The molecule has 3 aliphatic rings. The van der Waals surface area contributed by atoms with Gasteiger partial charge in [-0.1, -0.05) is 13.3 Å². The summed E-state index contributed by atoms with van der Waals surface area (Å²) in [5.74, 6) is 3.21. The van der Waals surface area contributed by atoms with E-state index in [1.165, 1.54) is 0 Å². The van der Waals surface area contributed by atoms with Crippen molar-refractivity contribution in [3.63, 3.8) is 0 Å². The minimum atomic E-state index is -0.642. The molecule has 2 aromatic rings. The Bertz CT molecular complexity index is 934. The van der Waals surface area contributed by atoms with Crippen molar-refractivity contribution in [1.82, 2.24) is 30.0 Å². The molecule has 9 heteroatoms. The Kier molecular flexibility index (Phi) is 3.44. The quantitative estimate of drug-likeness (QED) is 0.765. The van der Waals surface area contributed by atoms with Gasteiger partial charge in [-0.25, -0.2) is 4.79 Å². The number of aromatic amines is 1. The lowest BCUT2D eigenvalue weighted by Crippen LogP contribution is -2.44. The molecule has 0 bridgehead atoms. The van der Waals surface area contributed by atoms with Gasteiger partial charge in [0.2, 0.25) is 0 Å². The van der Waals surface area contributed by atoms with Crippen molar-refractivity contribution in [2.24, 2.45) is 5.92 Å². The molecule has 0 aromatic carbocycles. The minimum Gasteiger partial charge on any atom is -0.363 e. The zero-order valence-electron chi connectivity index (χ0n) is 15.2. The van der Waals surface area contributed by atoms with Gasteiger partial charge in [0, 0.05) is 25.2 Å². The Labute approximate surface area is 156 Å². The maximum absolute atomic E-state index is 12.7. The summed E-state index contributed by atoms with van der Waals surface area (Å²) < 4.78 is 2.12. The van der Waals surface area contributed by atoms with E-state index in [0.717, 1.165) is 42.4 Å². The Morgan fingerprint density at radius 1 is 1.44 bits per heavy atom. The monoisotopic (exact) mass is 366 g/mol. The minimum absolute atomic E-state index is 0.125. The van der Waals surface area contributed by atoms with Gasteiger partial charge >= 0.3 is 6.03 Å². The molecule has 0 radical (unpaired) electrons. The molecular weight excluding hydrogens is 344 g/mol. The standard InChI is InChI=1S/C18H22N8O/c1-2-11-8-25(17(27)22-18(10-19)4-5-18)9-12(11)16-24-23-14-7-21-15-13(26(14)16)3-6-20-15/h3,6,11-12,20-21H,2,4-5,7-9H2,1H3,(H,22,27)/t11-,12+/m1/s1. The van der Waals surface area contributed by atoms with Crippen LogP contribution in [0.2, 0.25) is 0 Å². The number of aromatic nitrogens is 4. The highest BCUT2D eigenvalue weighted by Crippen LogP contribution is 2.39. The molecule has 1 saturated heterocycles. The molecule has 2 fully saturated rings. The van der Waals surface area contributed by atoms with Crippen LogP contribution in [0.25, 0.3) is 5.69 Å². The van der Waals surface area contributed by atoms with Gasteiger partial charge in [0.25, 0.3) is 0 Å². The Morgan fingerprint density at radius 3 is 3.04 bits per heavy atom. The van der Waals surface area contributed by atoms with Crippen LogP contribution < -0.4 is 10.6 Å². The number of carbonyl (C=O) groups excluding carboxylic acids is 1. The first kappa shape index (κ1) is 16.2. The van der Waals surface area contributed by atoms with Crippen LogP contribution in [0.4, 0.5) is 10.6 Å². The van der Waals surface area contributed by atoms with Crippen LogP contribution in [0, 0.1) is 17.2 Å². The number of urea groups is 1. The number of nitrogens with one attached hydrogen (secondary N) is 3. The van der Waals surface area contributed by atoms with Gasteiger partial charge in [-0.2, -0.15) is 5.26 Å². The van der Waals surface area contributed by atoms with Crippen LogP contribution in [-0.4, -0.2) is 49.3 Å². The van der Waals surface area contributed by atoms with Crippen molar-refractivity contribution >= 4 is 11.8 Å². The normalized spacial score (nSPS) is 24.5. The number of rotatable bonds is 3. The summed E-state index contributed by atoms with van der Waals surface area (Å²) in [6.07, 6.45) is 4.34. The molecule has 27 heavy (non-hydrogen) atoms. The van der Waals surface area contributed by atoms with Crippen molar-refractivity contribution in [1.29, 1.82) is 5.26 Å². The van der Waals surface area contributed by atoms with Gasteiger partial charge < -0.3 is 20.5 Å². The predicted molar refractivity (Wildman–Crippen MR) is 97.2 cm³/mol. The average molecular weight is 366 g/mol. The van der Waals surface area contributed by atoms with Crippen LogP contribution >= 0.6 is 0 Å². The first-order chi connectivity index (χ1) is 13.1. The lowest BCUT2D eigenvalue weighted by atomic mass is 9.93. The summed E-state index contributed by atoms with van der Waals surface area (Å²) >= 11 is 0. The third kappa shape index (κ3) is 2.47. The lowest BCUT2D eigenvalue weighted by Gasteiger charge is -2.21. The van der Waals surface area contributed by atoms with Gasteiger partial charge in [-0.3, -0.25) is 4.57 Å². The second-order valence-corrected chi connectivity index (χ2v) is 7.71. The second kappa shape index (κ2) is 5.74. The Morgan fingerprint density at radius 2 is 2.30 bits per heavy atom. The number of likely N-dealkylation sites (tertiary alicyclic amines) is 1. The fourth-order valence-electron chi connectivity index (χ4n) is 4.22. The number of hydrogen-bond acceptors (Lipinski definition) is 5. The zero-order valence-corrected chi connectivity index (χ0v) is 15.2. The smallest absolute Gasteiger partial charge is 0.318 e. The molecule has 4 heterocycles. The summed E-state index contributed by atoms with van der Waals surface area (Å²) in [6.45, 7) is 4.04. The van der Waals surface area contributed by atoms with Crippen LogP contribution in [-0.2, 0) is 6.54 Å². The Hall–Kier alpha value is -3.02. The highest BCUT2D eigenvalue weighted by atomic mass is 16.2. The molecule has 2 aromatic heterocycles. The molecule has 0 spiro atoms. The molecule has 9 nitrogen and oxygen atoms in total. The number of hydrogen-bond donors (Lipinski definition) is 3. The van der Waals surface area contributed by atoms with Crippen LogP contribution in [0.15, 0.2) is 12.3 Å². The first-order valence-electron chi connectivity index (χ1n) is 9.48. The van der Waals surface area contributed by atoms with Gasteiger partial charge in [-0.15, -0.1) is 10.2 Å². The number of nitriles is 1. The van der Waals surface area contributed by atoms with E-state index >= 15 is 0 Å². The maximum atomic E-state index is 12.7. The number of carbonyl (C=O) groups is 1. The SMILES string of the molecule is CC[C@@H]1CN(C(=O)NC2(C#N)CC2)C[C@@H]1c1nnc2n1-c1cc[nH]c1NC2. The van der Waals surface area contributed by atoms with Gasteiger partial charge in [0.1, 0.15) is 17.2 Å². The van der Waals surface area contributed by atoms with Crippen molar-refractivity contribution in [2.75, 3.05) is 18.4 Å². The molecule has 3 N–H and O–H groups in total. The van der Waals surface area contributed by atoms with E-state index in [1.54, 1.807) is 0 Å². The predicted octanol–water partition coefficient (Wildman–Crippen LogP) is 1.71. The molecular formula is C18H22N8O. The maximum Gasteiger partial charge on any atom is 0.318 e. The van der Waals surface area contributed by atoms with E-state index in [-0.39, 0.29) is 11.9 Å². The second-order valence-electron chi connectivity index (χ2n) is 7.71. The fraction of sp³-hybridized carbons (Fsp3) is 0.556.